The van der Waals surface area contributed by atoms with Gasteiger partial charge in [-0.25, -0.2) is 9.78 Å². The highest BCUT2D eigenvalue weighted by Gasteiger charge is 2.25. The normalized spacial score (nSPS) is 13.3. The molecule has 0 fully saturated rings. The number of anilines is 1. The van der Waals surface area contributed by atoms with Gasteiger partial charge in [0, 0.05) is 19.3 Å². The van der Waals surface area contributed by atoms with Crippen molar-refractivity contribution in [2.75, 3.05) is 25.6 Å². The Morgan fingerprint density at radius 1 is 1.23 bits per heavy atom. The first-order valence-electron chi connectivity index (χ1n) is 11.9. The van der Waals surface area contributed by atoms with Crippen LogP contribution in [-0.4, -0.2) is 54.6 Å². The van der Waals surface area contributed by atoms with Crippen molar-refractivity contribution in [2.45, 2.75) is 46.6 Å². The fraction of sp³-hybridized carbons (Fsp3) is 0.423. The first kappa shape index (κ1) is 25.9. The van der Waals surface area contributed by atoms with Gasteiger partial charge in [0.15, 0.2) is 0 Å². The third-order valence-corrected chi connectivity index (χ3v) is 5.53. The monoisotopic (exact) mass is 479 g/mol. The molecule has 1 aliphatic heterocycles. The lowest BCUT2D eigenvalue weighted by Gasteiger charge is -2.28. The maximum absolute atomic E-state index is 13.1. The van der Waals surface area contributed by atoms with Crippen molar-refractivity contribution < 1.29 is 19.1 Å². The van der Waals surface area contributed by atoms with Gasteiger partial charge in [0.1, 0.15) is 11.6 Å². The van der Waals surface area contributed by atoms with Crippen LogP contribution in [0.25, 0.3) is 0 Å². The van der Waals surface area contributed by atoms with Crippen LogP contribution in [0.1, 0.15) is 60.8 Å². The number of carbonyl (C=O) groups is 2. The number of aromatic nitrogens is 1. The molecule has 35 heavy (non-hydrogen) atoms. The summed E-state index contributed by atoms with van der Waals surface area (Å²) in [6.45, 7) is 7.36. The molecule has 2 amide bonds. The van der Waals surface area contributed by atoms with Gasteiger partial charge in [-0.2, -0.15) is 10.2 Å². The number of ether oxygens (including phenoxy) is 2. The molecule has 1 aromatic heterocycles. The van der Waals surface area contributed by atoms with E-state index in [0.29, 0.717) is 54.9 Å². The summed E-state index contributed by atoms with van der Waals surface area (Å²) in [7, 11) is 1.53. The minimum absolute atomic E-state index is 0.319. The molecule has 2 heterocycles. The second kappa shape index (κ2) is 12.6. The first-order valence-corrected chi connectivity index (χ1v) is 11.9. The van der Waals surface area contributed by atoms with E-state index in [1.54, 1.807) is 48.5 Å². The van der Waals surface area contributed by atoms with Crippen LogP contribution in [0.4, 0.5) is 10.6 Å². The third kappa shape index (κ3) is 7.37. The van der Waals surface area contributed by atoms with Crippen LogP contribution < -0.4 is 10.1 Å². The molecule has 9 nitrogen and oxygen atoms in total. The molecule has 1 N–H and O–H groups in total. The predicted molar refractivity (Wildman–Crippen MR) is 136 cm³/mol. The molecule has 0 aliphatic carbocycles. The van der Waals surface area contributed by atoms with Gasteiger partial charge in [-0.15, -0.1) is 0 Å². The van der Waals surface area contributed by atoms with Crippen molar-refractivity contribution in [3.05, 3.63) is 52.7 Å². The number of carbonyl (C=O) groups excluding carboxylic acids is 2. The number of hydrogen-bond acceptors (Lipinski definition) is 7. The van der Waals surface area contributed by atoms with E-state index < -0.39 is 0 Å². The van der Waals surface area contributed by atoms with Crippen LogP contribution >= 0.6 is 0 Å². The van der Waals surface area contributed by atoms with E-state index in [4.69, 9.17) is 9.47 Å². The number of methoxy groups -OCH3 is 1. The Hall–Kier alpha value is -3.75. The predicted octanol–water partition coefficient (Wildman–Crippen LogP) is 4.70. The molecule has 0 atom stereocenters. The lowest BCUT2D eigenvalue weighted by atomic mass is 9.96. The van der Waals surface area contributed by atoms with Gasteiger partial charge in [0.2, 0.25) is 0 Å². The highest BCUT2D eigenvalue weighted by atomic mass is 16.6. The van der Waals surface area contributed by atoms with E-state index in [9.17, 15) is 9.59 Å². The van der Waals surface area contributed by atoms with E-state index in [1.165, 1.54) is 7.11 Å². The Morgan fingerprint density at radius 2 is 2.06 bits per heavy atom. The maximum atomic E-state index is 13.1. The van der Waals surface area contributed by atoms with Crippen LogP contribution in [0.2, 0.25) is 0 Å². The molecule has 2 aromatic rings. The Kier molecular flexibility index (Phi) is 9.34. The standard InChI is InChI=1S/C26H33N5O4/c1-5-35-26(33)31-13-11-19-15-23(34-4)22(14-20(19)17-31)25(32)30-24-10-6-9-21(29-24)16-28-27-12-7-8-18(2)3/h6,9-10,12,14-16,18H,5,7-8,11,13,17H2,1-4H3,(H,29,30,32)/b27-12+,28-16+. The zero-order valence-electron chi connectivity index (χ0n) is 20.8. The number of nitrogens with one attached hydrogen (secondary N) is 1. The van der Waals surface area contributed by atoms with Crippen molar-refractivity contribution in [1.82, 2.24) is 9.88 Å². The van der Waals surface area contributed by atoms with Crippen LogP contribution in [0, 0.1) is 5.92 Å². The van der Waals surface area contributed by atoms with Crippen molar-refractivity contribution in [3.63, 3.8) is 0 Å². The van der Waals surface area contributed by atoms with Gasteiger partial charge < -0.3 is 19.7 Å². The van der Waals surface area contributed by atoms with Gasteiger partial charge in [-0.1, -0.05) is 19.9 Å². The van der Waals surface area contributed by atoms with E-state index in [-0.39, 0.29) is 12.0 Å². The number of fused-ring (bicyclic) bond motifs is 1. The second-order valence-corrected chi connectivity index (χ2v) is 8.61. The van der Waals surface area contributed by atoms with Crippen molar-refractivity contribution in [3.8, 4) is 5.75 Å². The van der Waals surface area contributed by atoms with E-state index in [2.05, 4.69) is 34.4 Å². The summed E-state index contributed by atoms with van der Waals surface area (Å²) in [5, 5.41) is 10.9. The third-order valence-electron chi connectivity index (χ3n) is 5.53. The molecule has 3 rings (SSSR count). The van der Waals surface area contributed by atoms with Crippen LogP contribution in [-0.2, 0) is 17.7 Å². The molecular weight excluding hydrogens is 446 g/mol. The SMILES string of the molecule is CCOC(=O)N1CCc2cc(OC)c(C(=O)Nc3cccc(/C=N/N=C/CCC(C)C)n3)cc2C1. The Balaban J connectivity index is 1.71. The molecule has 9 heteroatoms. The Bertz CT molecular complexity index is 1100. The summed E-state index contributed by atoms with van der Waals surface area (Å²) < 4.78 is 10.6. The average molecular weight is 480 g/mol. The zero-order valence-corrected chi connectivity index (χ0v) is 20.8. The minimum Gasteiger partial charge on any atom is -0.496 e. The largest absolute Gasteiger partial charge is 0.496 e. The molecule has 1 aromatic carbocycles. The summed E-state index contributed by atoms with van der Waals surface area (Å²) in [6.07, 6.45) is 5.57. The lowest BCUT2D eigenvalue weighted by molar-refractivity contribution is 0.102. The summed E-state index contributed by atoms with van der Waals surface area (Å²) in [5.41, 5.74) is 2.88. The molecule has 0 unspecified atom stereocenters. The number of benzene rings is 1. The van der Waals surface area contributed by atoms with Crippen LogP contribution in [0.3, 0.4) is 0 Å². The summed E-state index contributed by atoms with van der Waals surface area (Å²) in [5.74, 6) is 1.12. The van der Waals surface area contributed by atoms with Gasteiger partial charge in [0.05, 0.1) is 31.2 Å². The lowest BCUT2D eigenvalue weighted by Crippen LogP contribution is -2.36. The van der Waals surface area contributed by atoms with Crippen molar-refractivity contribution >= 4 is 30.2 Å². The van der Waals surface area contributed by atoms with Crippen molar-refractivity contribution in [2.24, 2.45) is 16.1 Å². The average Bonchev–Trinajstić information content (AvgIpc) is 2.85. The molecule has 0 spiro atoms. The van der Waals surface area contributed by atoms with Gasteiger partial charge in [-0.3, -0.25) is 4.79 Å². The molecule has 0 radical (unpaired) electrons. The number of pyridine rings is 1. The summed E-state index contributed by atoms with van der Waals surface area (Å²) >= 11 is 0. The number of nitrogens with zero attached hydrogens (tertiary/aromatic N) is 4. The first-order chi connectivity index (χ1) is 16.9. The number of rotatable bonds is 9. The molecular formula is C26H33N5O4. The molecule has 0 saturated heterocycles. The van der Waals surface area contributed by atoms with Crippen LogP contribution in [0.15, 0.2) is 40.5 Å². The van der Waals surface area contributed by atoms with Crippen molar-refractivity contribution in [1.29, 1.82) is 0 Å². The molecule has 186 valence electrons. The molecule has 1 aliphatic rings. The molecule has 0 bridgehead atoms. The maximum Gasteiger partial charge on any atom is 0.410 e. The Morgan fingerprint density at radius 3 is 2.80 bits per heavy atom. The van der Waals surface area contributed by atoms with Gasteiger partial charge >= 0.3 is 6.09 Å². The highest BCUT2D eigenvalue weighted by molar-refractivity contribution is 6.06. The van der Waals surface area contributed by atoms with E-state index in [0.717, 1.165) is 24.0 Å². The zero-order chi connectivity index (χ0) is 25.2. The molecule has 0 saturated carbocycles. The van der Waals surface area contributed by atoms with Crippen LogP contribution in [0.5, 0.6) is 5.75 Å². The minimum atomic E-state index is -0.355. The Labute approximate surface area is 206 Å². The fourth-order valence-corrected chi connectivity index (χ4v) is 3.69. The summed E-state index contributed by atoms with van der Waals surface area (Å²) in [4.78, 5) is 31.3. The quantitative estimate of drug-likeness (QED) is 0.415. The summed E-state index contributed by atoms with van der Waals surface area (Å²) in [6, 6.07) is 8.90. The van der Waals surface area contributed by atoms with E-state index >= 15 is 0 Å². The number of hydrogen-bond donors (Lipinski definition) is 1. The second-order valence-electron chi connectivity index (χ2n) is 8.61. The topological polar surface area (TPSA) is 105 Å². The van der Waals surface area contributed by atoms with Gasteiger partial charge in [-0.05, 0) is 67.5 Å². The smallest absolute Gasteiger partial charge is 0.410 e. The van der Waals surface area contributed by atoms with E-state index in [1.807, 2.05) is 6.07 Å². The fourth-order valence-electron chi connectivity index (χ4n) is 3.69. The van der Waals surface area contributed by atoms with Gasteiger partial charge in [0.25, 0.3) is 5.91 Å². The number of amides is 2. The highest BCUT2D eigenvalue weighted by Crippen LogP contribution is 2.29.